The predicted octanol–water partition coefficient (Wildman–Crippen LogP) is 3.13. The van der Waals surface area contributed by atoms with Gasteiger partial charge in [-0.3, -0.25) is 0 Å². The Hall–Kier alpha value is -0.390. The fraction of sp³-hybridized carbons (Fsp3) is 1.00. The standard InChI is InChI=1S/C13H27F3N2O4S2/c1-3-5-7-9-11-18(12-10-8-6-4-2)24(21,22)17-23(19,20)13(14,15)16/h17H,3-12H2,1-2H3. The summed E-state index contributed by atoms with van der Waals surface area (Å²) in [5.41, 5.74) is -5.67. The van der Waals surface area contributed by atoms with Crippen LogP contribution < -0.4 is 4.13 Å². The summed E-state index contributed by atoms with van der Waals surface area (Å²) in [6.07, 6.45) is 5.97. The molecule has 6 nitrogen and oxygen atoms in total. The SMILES string of the molecule is CCCCCCN(CCCCCC)S(=O)(=O)NS(=O)(=O)C(F)(F)F. The molecule has 0 heterocycles. The normalized spacial score (nSPS) is 13.6. The van der Waals surface area contributed by atoms with Gasteiger partial charge in [0.15, 0.2) is 0 Å². The maximum Gasteiger partial charge on any atom is 0.512 e. The maximum atomic E-state index is 12.4. The third-order valence-corrected chi connectivity index (χ3v) is 6.76. The van der Waals surface area contributed by atoms with Crippen molar-refractivity contribution in [3.63, 3.8) is 0 Å². The highest BCUT2D eigenvalue weighted by atomic mass is 32.3. The summed E-state index contributed by atoms with van der Waals surface area (Å²) in [5, 5.41) is 0. The lowest BCUT2D eigenvalue weighted by Gasteiger charge is -2.22. The van der Waals surface area contributed by atoms with Gasteiger partial charge in [0.05, 0.1) is 0 Å². The summed E-state index contributed by atoms with van der Waals surface area (Å²) >= 11 is 0. The van der Waals surface area contributed by atoms with Crippen molar-refractivity contribution in [1.29, 1.82) is 0 Å². The smallest absolute Gasteiger partial charge is 0.202 e. The van der Waals surface area contributed by atoms with Gasteiger partial charge in [0.1, 0.15) is 0 Å². The van der Waals surface area contributed by atoms with Gasteiger partial charge in [-0.25, -0.2) is 8.42 Å². The molecule has 0 unspecified atom stereocenters. The van der Waals surface area contributed by atoms with Crippen molar-refractivity contribution in [2.45, 2.75) is 70.7 Å². The van der Waals surface area contributed by atoms with Gasteiger partial charge in [-0.05, 0) is 12.8 Å². The first-order chi connectivity index (χ1) is 11.0. The van der Waals surface area contributed by atoms with Crippen LogP contribution in [0.3, 0.4) is 0 Å². The number of hydrogen-bond acceptors (Lipinski definition) is 4. The predicted molar refractivity (Wildman–Crippen MR) is 86.9 cm³/mol. The zero-order valence-electron chi connectivity index (χ0n) is 14.1. The van der Waals surface area contributed by atoms with Gasteiger partial charge in [0.2, 0.25) is 0 Å². The molecule has 146 valence electrons. The van der Waals surface area contributed by atoms with Crippen molar-refractivity contribution in [2.75, 3.05) is 13.1 Å². The van der Waals surface area contributed by atoms with Crippen LogP contribution in [0.1, 0.15) is 65.2 Å². The summed E-state index contributed by atoms with van der Waals surface area (Å²) in [6, 6.07) is 0. The van der Waals surface area contributed by atoms with Gasteiger partial charge in [-0.1, -0.05) is 56.5 Å². The van der Waals surface area contributed by atoms with E-state index in [-0.39, 0.29) is 13.1 Å². The van der Waals surface area contributed by atoms with E-state index < -0.39 is 25.7 Å². The maximum absolute atomic E-state index is 12.4. The molecule has 0 aliphatic carbocycles. The second-order valence-corrected chi connectivity index (χ2v) is 9.16. The zero-order chi connectivity index (χ0) is 18.9. The Labute approximate surface area is 143 Å². The van der Waals surface area contributed by atoms with E-state index in [2.05, 4.69) is 0 Å². The highest BCUT2D eigenvalue weighted by molar-refractivity contribution is 8.04. The number of sulfonamides is 1. The van der Waals surface area contributed by atoms with E-state index in [1.165, 1.54) is 0 Å². The highest BCUT2D eigenvalue weighted by Gasteiger charge is 2.49. The van der Waals surface area contributed by atoms with Crippen LogP contribution in [0.4, 0.5) is 13.2 Å². The highest BCUT2D eigenvalue weighted by Crippen LogP contribution is 2.23. The molecule has 0 radical (unpaired) electrons. The van der Waals surface area contributed by atoms with Crippen molar-refractivity contribution in [1.82, 2.24) is 8.43 Å². The first-order valence-corrected chi connectivity index (χ1v) is 11.0. The van der Waals surface area contributed by atoms with Crippen LogP contribution in [-0.4, -0.2) is 39.7 Å². The van der Waals surface area contributed by atoms with Gasteiger partial charge in [-0.2, -0.15) is 25.9 Å². The van der Waals surface area contributed by atoms with Gasteiger partial charge in [0, 0.05) is 13.1 Å². The molecule has 1 N–H and O–H groups in total. The van der Waals surface area contributed by atoms with E-state index in [1.807, 2.05) is 13.8 Å². The van der Waals surface area contributed by atoms with Gasteiger partial charge in [0.25, 0.3) is 10.2 Å². The molecular weight excluding hydrogens is 369 g/mol. The Bertz CT molecular complexity index is 536. The lowest BCUT2D eigenvalue weighted by Crippen LogP contribution is -2.48. The quantitative estimate of drug-likeness (QED) is 0.485. The number of alkyl halides is 3. The molecular formula is C13H27F3N2O4S2. The van der Waals surface area contributed by atoms with Crippen LogP contribution in [0.5, 0.6) is 0 Å². The number of halogens is 3. The molecule has 0 saturated carbocycles. The van der Waals surface area contributed by atoms with Crippen LogP contribution >= 0.6 is 0 Å². The Morgan fingerprint density at radius 3 is 1.54 bits per heavy atom. The molecule has 0 aromatic heterocycles. The molecule has 24 heavy (non-hydrogen) atoms. The third kappa shape index (κ3) is 8.63. The Kier molecular flexibility index (Phi) is 10.4. The van der Waals surface area contributed by atoms with Crippen molar-refractivity contribution >= 4 is 20.2 Å². The minimum Gasteiger partial charge on any atom is -0.202 e. The topological polar surface area (TPSA) is 83.6 Å². The molecule has 0 rings (SSSR count). The molecule has 0 spiro atoms. The van der Waals surface area contributed by atoms with E-state index in [9.17, 15) is 30.0 Å². The third-order valence-electron chi connectivity index (χ3n) is 3.38. The number of hydrogen-bond donors (Lipinski definition) is 1. The molecule has 0 fully saturated rings. The minimum atomic E-state index is -5.95. The first kappa shape index (κ1) is 23.6. The van der Waals surface area contributed by atoms with E-state index >= 15 is 0 Å². The molecule has 0 aliphatic heterocycles. The Morgan fingerprint density at radius 1 is 0.792 bits per heavy atom. The van der Waals surface area contributed by atoms with E-state index in [1.54, 1.807) is 0 Å². The van der Waals surface area contributed by atoms with Crippen LogP contribution in [0.25, 0.3) is 0 Å². The molecule has 0 aromatic carbocycles. The fourth-order valence-electron chi connectivity index (χ4n) is 2.02. The average molecular weight is 396 g/mol. The Morgan fingerprint density at radius 2 is 1.21 bits per heavy atom. The lowest BCUT2D eigenvalue weighted by molar-refractivity contribution is -0.0441. The lowest BCUT2D eigenvalue weighted by atomic mass is 10.2. The number of nitrogens with one attached hydrogen (secondary N) is 1. The van der Waals surface area contributed by atoms with Crippen LogP contribution in [-0.2, 0) is 20.2 Å². The van der Waals surface area contributed by atoms with Crippen molar-refractivity contribution in [2.24, 2.45) is 0 Å². The summed E-state index contributed by atoms with van der Waals surface area (Å²) in [5.74, 6) is 0. The van der Waals surface area contributed by atoms with Gasteiger partial charge < -0.3 is 0 Å². The number of rotatable bonds is 13. The average Bonchev–Trinajstić information content (AvgIpc) is 2.43. The van der Waals surface area contributed by atoms with Crippen molar-refractivity contribution in [3.8, 4) is 0 Å². The number of unbranched alkanes of at least 4 members (excludes halogenated alkanes) is 6. The monoisotopic (exact) mass is 396 g/mol. The van der Waals surface area contributed by atoms with E-state index in [4.69, 9.17) is 0 Å². The van der Waals surface area contributed by atoms with E-state index in [0.29, 0.717) is 12.8 Å². The van der Waals surface area contributed by atoms with Gasteiger partial charge in [-0.15, -0.1) is 0 Å². The molecule has 0 bridgehead atoms. The molecule has 0 atom stereocenters. The summed E-state index contributed by atoms with van der Waals surface area (Å²) in [4.78, 5) is 0. The molecule has 11 heteroatoms. The van der Waals surface area contributed by atoms with Crippen LogP contribution in [0, 0.1) is 0 Å². The second kappa shape index (κ2) is 10.6. The summed E-state index contributed by atoms with van der Waals surface area (Å²) in [6.45, 7) is 3.93. The molecule has 0 aliphatic rings. The molecule has 0 aromatic rings. The molecule has 0 amide bonds. The van der Waals surface area contributed by atoms with Crippen LogP contribution in [0.2, 0.25) is 0 Å². The largest absolute Gasteiger partial charge is 0.512 e. The Balaban J connectivity index is 5.00. The van der Waals surface area contributed by atoms with Gasteiger partial charge >= 0.3 is 15.5 Å². The summed E-state index contributed by atoms with van der Waals surface area (Å²) in [7, 11) is -10.7. The number of nitrogens with zero attached hydrogens (tertiary/aromatic N) is 1. The first-order valence-electron chi connectivity index (χ1n) is 8.08. The fourth-order valence-corrected chi connectivity index (χ4v) is 4.67. The minimum absolute atomic E-state index is 0.00512. The van der Waals surface area contributed by atoms with Crippen LogP contribution in [0.15, 0.2) is 0 Å². The summed E-state index contributed by atoms with van der Waals surface area (Å²) < 4.78 is 85.1. The van der Waals surface area contributed by atoms with Crippen molar-refractivity contribution < 1.29 is 30.0 Å². The van der Waals surface area contributed by atoms with E-state index in [0.717, 1.165) is 47.0 Å². The zero-order valence-corrected chi connectivity index (χ0v) is 15.7. The second-order valence-electron chi connectivity index (χ2n) is 5.56. The van der Waals surface area contributed by atoms with Crippen molar-refractivity contribution in [3.05, 3.63) is 0 Å². The molecule has 0 saturated heterocycles.